The average Bonchev–Trinajstić information content (AvgIpc) is 3.44. The number of amides is 1. The molecule has 0 unspecified atom stereocenters. The molecule has 0 spiro atoms. The molecule has 1 fully saturated rings. The normalized spacial score (nSPS) is 16.0. The van der Waals surface area contributed by atoms with Crippen molar-refractivity contribution in [2.75, 3.05) is 13.2 Å². The van der Waals surface area contributed by atoms with Gasteiger partial charge in [-0.1, -0.05) is 0 Å². The standard InChI is InChI=1S/C23H25FN4O2/c24-19-7-5-17(6-8-19)21-15-22(18-3-1-11-25-16-18)28(27-21)13-12-26-23(29)10-9-20-4-2-14-30-20/h1,3,5-8,11,15-16,20H,2,4,9-10,12-14H2,(H,26,29)/t20-/m1/s1. The summed E-state index contributed by atoms with van der Waals surface area (Å²) in [5, 5.41) is 7.66. The number of hydrogen-bond acceptors (Lipinski definition) is 4. The van der Waals surface area contributed by atoms with E-state index in [1.54, 1.807) is 24.5 Å². The topological polar surface area (TPSA) is 69.0 Å². The van der Waals surface area contributed by atoms with Crippen LogP contribution in [0.25, 0.3) is 22.5 Å². The minimum atomic E-state index is -0.281. The van der Waals surface area contributed by atoms with Crippen LogP contribution in [0.5, 0.6) is 0 Å². The van der Waals surface area contributed by atoms with Crippen molar-refractivity contribution < 1.29 is 13.9 Å². The Morgan fingerprint density at radius 1 is 1.23 bits per heavy atom. The second-order valence-corrected chi connectivity index (χ2v) is 7.41. The van der Waals surface area contributed by atoms with E-state index in [0.717, 1.165) is 48.4 Å². The maximum atomic E-state index is 13.3. The van der Waals surface area contributed by atoms with E-state index in [1.807, 2.05) is 22.9 Å². The van der Waals surface area contributed by atoms with Gasteiger partial charge in [0.1, 0.15) is 5.82 Å². The van der Waals surface area contributed by atoms with Gasteiger partial charge in [0, 0.05) is 43.1 Å². The van der Waals surface area contributed by atoms with Crippen LogP contribution >= 0.6 is 0 Å². The molecule has 156 valence electrons. The zero-order chi connectivity index (χ0) is 20.8. The lowest BCUT2D eigenvalue weighted by Gasteiger charge is -2.11. The number of ether oxygens (including phenoxy) is 1. The molecular formula is C23H25FN4O2. The van der Waals surface area contributed by atoms with E-state index in [2.05, 4.69) is 15.4 Å². The lowest BCUT2D eigenvalue weighted by atomic mass is 10.1. The molecule has 1 aromatic carbocycles. The number of rotatable bonds is 8. The predicted octanol–water partition coefficient (Wildman–Crippen LogP) is 3.83. The average molecular weight is 408 g/mol. The van der Waals surface area contributed by atoms with Crippen molar-refractivity contribution in [1.29, 1.82) is 0 Å². The van der Waals surface area contributed by atoms with Gasteiger partial charge in [-0.2, -0.15) is 5.10 Å². The summed E-state index contributed by atoms with van der Waals surface area (Å²) in [6.07, 6.45) is 7.09. The highest BCUT2D eigenvalue weighted by Crippen LogP contribution is 2.26. The molecule has 3 heterocycles. The Kier molecular flexibility index (Phi) is 6.49. The number of hydrogen-bond donors (Lipinski definition) is 1. The summed E-state index contributed by atoms with van der Waals surface area (Å²) in [6.45, 7) is 1.80. The van der Waals surface area contributed by atoms with Gasteiger partial charge in [-0.25, -0.2) is 4.39 Å². The number of nitrogens with one attached hydrogen (secondary N) is 1. The SMILES string of the molecule is O=C(CC[C@H]1CCCO1)NCCn1nc(-c2ccc(F)cc2)cc1-c1cccnc1. The quantitative estimate of drug-likeness (QED) is 0.615. The van der Waals surface area contributed by atoms with Crippen LogP contribution in [-0.2, 0) is 16.1 Å². The van der Waals surface area contributed by atoms with Crippen LogP contribution in [-0.4, -0.2) is 39.9 Å². The van der Waals surface area contributed by atoms with E-state index in [4.69, 9.17) is 4.74 Å². The van der Waals surface area contributed by atoms with Gasteiger partial charge in [-0.3, -0.25) is 14.5 Å². The van der Waals surface area contributed by atoms with Gasteiger partial charge in [0.25, 0.3) is 0 Å². The van der Waals surface area contributed by atoms with E-state index >= 15 is 0 Å². The van der Waals surface area contributed by atoms with Crippen LogP contribution in [0.4, 0.5) is 4.39 Å². The molecular weight excluding hydrogens is 383 g/mol. The summed E-state index contributed by atoms with van der Waals surface area (Å²) in [7, 11) is 0. The molecule has 1 aliphatic rings. The molecule has 1 amide bonds. The van der Waals surface area contributed by atoms with Crippen molar-refractivity contribution in [3.05, 3.63) is 60.7 Å². The van der Waals surface area contributed by atoms with E-state index < -0.39 is 0 Å². The summed E-state index contributed by atoms with van der Waals surface area (Å²) in [5.74, 6) is -0.254. The van der Waals surface area contributed by atoms with Crippen LogP contribution in [0.15, 0.2) is 54.9 Å². The summed E-state index contributed by atoms with van der Waals surface area (Å²) in [6, 6.07) is 12.1. The van der Waals surface area contributed by atoms with Crippen molar-refractivity contribution in [1.82, 2.24) is 20.1 Å². The van der Waals surface area contributed by atoms with Crippen LogP contribution in [0.2, 0.25) is 0 Å². The Morgan fingerprint density at radius 2 is 2.10 bits per heavy atom. The Labute approximate surface area is 175 Å². The molecule has 1 saturated heterocycles. The lowest BCUT2D eigenvalue weighted by molar-refractivity contribution is -0.121. The number of carbonyl (C=O) groups is 1. The maximum absolute atomic E-state index is 13.3. The number of carbonyl (C=O) groups excluding carboxylic acids is 1. The fourth-order valence-corrected chi connectivity index (χ4v) is 3.65. The molecule has 0 aliphatic carbocycles. The summed E-state index contributed by atoms with van der Waals surface area (Å²) in [5.41, 5.74) is 3.42. The Bertz CT molecular complexity index is 967. The number of halogens is 1. The summed E-state index contributed by atoms with van der Waals surface area (Å²) in [4.78, 5) is 16.4. The molecule has 1 N–H and O–H groups in total. The number of aromatic nitrogens is 3. The summed E-state index contributed by atoms with van der Waals surface area (Å²) >= 11 is 0. The maximum Gasteiger partial charge on any atom is 0.220 e. The second-order valence-electron chi connectivity index (χ2n) is 7.41. The van der Waals surface area contributed by atoms with Gasteiger partial charge in [0.15, 0.2) is 0 Å². The third kappa shape index (κ3) is 5.10. The smallest absolute Gasteiger partial charge is 0.220 e. The van der Waals surface area contributed by atoms with Gasteiger partial charge < -0.3 is 10.1 Å². The lowest BCUT2D eigenvalue weighted by Crippen LogP contribution is -2.28. The zero-order valence-electron chi connectivity index (χ0n) is 16.8. The first kappa shape index (κ1) is 20.2. The third-order valence-corrected chi connectivity index (χ3v) is 5.24. The van der Waals surface area contributed by atoms with Gasteiger partial charge in [-0.05, 0) is 61.7 Å². The first-order chi connectivity index (χ1) is 14.7. The Hall–Kier alpha value is -3.06. The number of pyridine rings is 1. The molecule has 30 heavy (non-hydrogen) atoms. The van der Waals surface area contributed by atoms with Crippen LogP contribution < -0.4 is 5.32 Å². The van der Waals surface area contributed by atoms with Crippen molar-refractivity contribution in [2.45, 2.75) is 38.3 Å². The summed E-state index contributed by atoms with van der Waals surface area (Å²) < 4.78 is 20.7. The molecule has 3 aromatic rings. The second kappa shape index (κ2) is 9.63. The third-order valence-electron chi connectivity index (χ3n) is 5.24. The molecule has 7 heteroatoms. The highest BCUT2D eigenvalue weighted by atomic mass is 19.1. The molecule has 4 rings (SSSR count). The highest BCUT2D eigenvalue weighted by molar-refractivity contribution is 5.75. The monoisotopic (exact) mass is 408 g/mol. The Morgan fingerprint density at radius 3 is 2.83 bits per heavy atom. The molecule has 6 nitrogen and oxygen atoms in total. The molecule has 1 atom stereocenters. The highest BCUT2D eigenvalue weighted by Gasteiger charge is 2.17. The molecule has 0 bridgehead atoms. The predicted molar refractivity (Wildman–Crippen MR) is 112 cm³/mol. The van der Waals surface area contributed by atoms with Gasteiger partial charge in [-0.15, -0.1) is 0 Å². The Balaban J connectivity index is 1.43. The fourth-order valence-electron chi connectivity index (χ4n) is 3.65. The molecule has 2 aromatic heterocycles. The minimum Gasteiger partial charge on any atom is -0.378 e. The van der Waals surface area contributed by atoms with E-state index in [-0.39, 0.29) is 17.8 Å². The van der Waals surface area contributed by atoms with Crippen molar-refractivity contribution in [3.8, 4) is 22.5 Å². The van der Waals surface area contributed by atoms with E-state index in [1.165, 1.54) is 12.1 Å². The first-order valence-electron chi connectivity index (χ1n) is 10.3. The molecule has 0 saturated carbocycles. The fraction of sp³-hybridized carbons (Fsp3) is 0.348. The molecule has 0 radical (unpaired) electrons. The zero-order valence-corrected chi connectivity index (χ0v) is 16.8. The van der Waals surface area contributed by atoms with Gasteiger partial charge in [0.05, 0.1) is 24.0 Å². The van der Waals surface area contributed by atoms with E-state index in [9.17, 15) is 9.18 Å². The molecule has 1 aliphatic heterocycles. The van der Waals surface area contributed by atoms with Gasteiger partial charge >= 0.3 is 0 Å². The van der Waals surface area contributed by atoms with Crippen LogP contribution in [0.1, 0.15) is 25.7 Å². The largest absolute Gasteiger partial charge is 0.378 e. The van der Waals surface area contributed by atoms with Gasteiger partial charge in [0.2, 0.25) is 5.91 Å². The van der Waals surface area contributed by atoms with Crippen molar-refractivity contribution in [2.24, 2.45) is 0 Å². The number of nitrogens with zero attached hydrogens (tertiary/aromatic N) is 3. The minimum absolute atomic E-state index is 0.0272. The van der Waals surface area contributed by atoms with Crippen molar-refractivity contribution in [3.63, 3.8) is 0 Å². The van der Waals surface area contributed by atoms with Crippen LogP contribution in [0.3, 0.4) is 0 Å². The number of benzene rings is 1. The van der Waals surface area contributed by atoms with Crippen molar-refractivity contribution >= 4 is 5.91 Å². The first-order valence-corrected chi connectivity index (χ1v) is 10.3. The van der Waals surface area contributed by atoms with Crippen LogP contribution in [0, 0.1) is 5.82 Å². The van der Waals surface area contributed by atoms with E-state index in [0.29, 0.717) is 19.5 Å².